The van der Waals surface area contributed by atoms with Crippen LogP contribution in [0.2, 0.25) is 0 Å². The first-order valence-corrected chi connectivity index (χ1v) is 6.17. The minimum atomic E-state index is -0.421. The molecule has 1 heterocycles. The van der Waals surface area contributed by atoms with Gasteiger partial charge in [-0.1, -0.05) is 0 Å². The highest BCUT2D eigenvalue weighted by atomic mass is 16.5. The third kappa shape index (κ3) is 1.78. The summed E-state index contributed by atoms with van der Waals surface area (Å²) >= 11 is 0. The van der Waals surface area contributed by atoms with Crippen LogP contribution in [0, 0.1) is 5.92 Å². The van der Waals surface area contributed by atoms with Crippen LogP contribution in [-0.4, -0.2) is 17.8 Å². The topological polar surface area (TPSA) is 38.7 Å². The van der Waals surface area contributed by atoms with Crippen LogP contribution in [0.3, 0.4) is 0 Å². The third-order valence-corrected chi connectivity index (χ3v) is 3.96. The second-order valence-corrected chi connectivity index (χ2v) is 5.31. The van der Waals surface area contributed by atoms with Crippen molar-refractivity contribution in [2.24, 2.45) is 5.92 Å². The number of methoxy groups -OCH3 is 1. The van der Waals surface area contributed by atoms with Crippen LogP contribution in [0.25, 0.3) is 0 Å². The van der Waals surface area contributed by atoms with Gasteiger partial charge in [-0.25, -0.2) is 0 Å². The summed E-state index contributed by atoms with van der Waals surface area (Å²) in [6.07, 6.45) is 2.69. The second-order valence-electron chi connectivity index (χ2n) is 5.31. The molecule has 1 aromatic rings. The average Bonchev–Trinajstić information content (AvgIpc) is 3.12. The molecule has 2 aliphatic rings. The summed E-state index contributed by atoms with van der Waals surface area (Å²) in [5.41, 5.74) is 0.669. The normalized spacial score (nSPS) is 31.6. The molecule has 3 rings (SSSR count). The van der Waals surface area contributed by atoms with E-state index in [0.717, 1.165) is 17.1 Å². The molecule has 1 aliphatic carbocycles. The first kappa shape index (κ1) is 10.9. The lowest BCUT2D eigenvalue weighted by atomic mass is 9.86. The molecule has 1 aromatic carbocycles. The Morgan fingerprint density at radius 2 is 2.18 bits per heavy atom. The van der Waals surface area contributed by atoms with Crippen LogP contribution in [0.15, 0.2) is 18.2 Å². The fraction of sp³-hybridized carbons (Fsp3) is 0.571. The lowest BCUT2D eigenvalue weighted by molar-refractivity contribution is -0.0167. The Hall–Kier alpha value is -1.22. The summed E-state index contributed by atoms with van der Waals surface area (Å²) in [5, 5.41) is 10.2. The van der Waals surface area contributed by atoms with E-state index in [9.17, 15) is 5.11 Å². The number of fused-ring (bicyclic) bond motifs is 1. The number of ether oxygens (including phenoxy) is 2. The maximum absolute atomic E-state index is 10.2. The van der Waals surface area contributed by atoms with E-state index in [2.05, 4.69) is 6.92 Å². The molecular formula is C14H18O3. The van der Waals surface area contributed by atoms with E-state index in [-0.39, 0.29) is 5.60 Å². The van der Waals surface area contributed by atoms with Crippen LogP contribution in [0.1, 0.15) is 37.9 Å². The van der Waals surface area contributed by atoms with Crippen LogP contribution in [0.5, 0.6) is 11.5 Å². The zero-order chi connectivity index (χ0) is 12.0. The highest BCUT2D eigenvalue weighted by molar-refractivity contribution is 5.44. The zero-order valence-electron chi connectivity index (χ0n) is 10.3. The molecule has 1 fully saturated rings. The fourth-order valence-corrected chi connectivity index (χ4v) is 2.74. The van der Waals surface area contributed by atoms with Crippen LogP contribution in [0.4, 0.5) is 0 Å². The van der Waals surface area contributed by atoms with Gasteiger partial charge in [-0.2, -0.15) is 0 Å². The number of hydrogen-bond donors (Lipinski definition) is 1. The summed E-state index contributed by atoms with van der Waals surface area (Å²) in [7, 11) is 1.64. The number of rotatable bonds is 2. The molecule has 0 saturated heterocycles. The molecular weight excluding hydrogens is 216 g/mol. The lowest BCUT2D eigenvalue weighted by Gasteiger charge is -2.38. The van der Waals surface area contributed by atoms with Crippen LogP contribution in [-0.2, 0) is 0 Å². The predicted octanol–water partition coefficient (Wildman–Crippen LogP) is 2.68. The summed E-state index contributed by atoms with van der Waals surface area (Å²) in [6, 6.07) is 5.63. The Labute approximate surface area is 101 Å². The van der Waals surface area contributed by atoms with Crippen molar-refractivity contribution in [2.75, 3.05) is 7.11 Å². The quantitative estimate of drug-likeness (QED) is 0.855. The molecule has 0 aromatic heterocycles. The zero-order valence-corrected chi connectivity index (χ0v) is 10.3. The molecule has 0 spiro atoms. The molecule has 92 valence electrons. The standard InChI is InChI=1S/C14H18O3/c1-14(9-3-4-9)8-12(15)11-6-5-10(16-2)7-13(11)17-14/h5-7,9,12,15H,3-4,8H2,1-2H3/t12-,14?/m0/s1. The lowest BCUT2D eigenvalue weighted by Crippen LogP contribution is -2.40. The SMILES string of the molecule is COc1ccc2c(c1)OC(C)(C1CC1)C[C@@H]2O. The summed E-state index contributed by atoms with van der Waals surface area (Å²) in [4.78, 5) is 0. The van der Waals surface area contributed by atoms with Gasteiger partial charge >= 0.3 is 0 Å². The first-order valence-electron chi connectivity index (χ1n) is 6.17. The van der Waals surface area contributed by atoms with E-state index in [1.807, 2.05) is 18.2 Å². The van der Waals surface area contributed by atoms with Crippen molar-refractivity contribution in [3.63, 3.8) is 0 Å². The van der Waals surface area contributed by atoms with Crippen molar-refractivity contribution in [3.05, 3.63) is 23.8 Å². The summed E-state index contributed by atoms with van der Waals surface area (Å²) < 4.78 is 11.3. The third-order valence-electron chi connectivity index (χ3n) is 3.96. The predicted molar refractivity (Wildman–Crippen MR) is 64.3 cm³/mol. The van der Waals surface area contributed by atoms with Gasteiger partial charge in [-0.3, -0.25) is 0 Å². The van der Waals surface area contributed by atoms with Crippen molar-refractivity contribution in [1.82, 2.24) is 0 Å². The van der Waals surface area contributed by atoms with Crippen molar-refractivity contribution in [3.8, 4) is 11.5 Å². The van der Waals surface area contributed by atoms with E-state index in [4.69, 9.17) is 9.47 Å². The molecule has 1 unspecified atom stereocenters. The van der Waals surface area contributed by atoms with E-state index < -0.39 is 6.10 Å². The van der Waals surface area contributed by atoms with E-state index in [1.165, 1.54) is 12.8 Å². The minimum Gasteiger partial charge on any atom is -0.497 e. The molecule has 1 aliphatic heterocycles. The molecule has 17 heavy (non-hydrogen) atoms. The van der Waals surface area contributed by atoms with Crippen molar-refractivity contribution in [2.45, 2.75) is 37.9 Å². The molecule has 3 heteroatoms. The highest BCUT2D eigenvalue weighted by Crippen LogP contribution is 2.50. The smallest absolute Gasteiger partial charge is 0.129 e. The van der Waals surface area contributed by atoms with E-state index in [0.29, 0.717) is 12.3 Å². The van der Waals surface area contributed by atoms with Gasteiger partial charge in [0.25, 0.3) is 0 Å². The number of aliphatic hydroxyl groups excluding tert-OH is 1. The van der Waals surface area contributed by atoms with Gasteiger partial charge in [0.2, 0.25) is 0 Å². The number of benzene rings is 1. The van der Waals surface area contributed by atoms with E-state index >= 15 is 0 Å². The van der Waals surface area contributed by atoms with Gasteiger partial charge in [0.1, 0.15) is 17.1 Å². The molecule has 2 atom stereocenters. The van der Waals surface area contributed by atoms with Gasteiger partial charge in [-0.15, -0.1) is 0 Å². The first-order chi connectivity index (χ1) is 8.12. The Bertz CT molecular complexity index is 439. The Morgan fingerprint density at radius 3 is 2.82 bits per heavy atom. The fourth-order valence-electron chi connectivity index (χ4n) is 2.74. The molecule has 0 amide bonds. The molecule has 1 N–H and O–H groups in total. The maximum Gasteiger partial charge on any atom is 0.129 e. The van der Waals surface area contributed by atoms with Gasteiger partial charge in [0.05, 0.1) is 13.2 Å². The Morgan fingerprint density at radius 1 is 1.41 bits per heavy atom. The average molecular weight is 234 g/mol. The van der Waals surface area contributed by atoms with Gasteiger partial charge in [-0.05, 0) is 37.8 Å². The monoisotopic (exact) mass is 234 g/mol. The maximum atomic E-state index is 10.2. The minimum absolute atomic E-state index is 0.210. The molecule has 0 radical (unpaired) electrons. The molecule has 1 saturated carbocycles. The number of aliphatic hydroxyl groups is 1. The van der Waals surface area contributed by atoms with Crippen LogP contribution >= 0.6 is 0 Å². The Kier molecular flexibility index (Phi) is 2.33. The largest absolute Gasteiger partial charge is 0.497 e. The van der Waals surface area contributed by atoms with Crippen molar-refractivity contribution in [1.29, 1.82) is 0 Å². The van der Waals surface area contributed by atoms with Crippen LogP contribution < -0.4 is 9.47 Å². The van der Waals surface area contributed by atoms with Gasteiger partial charge in [0, 0.05) is 18.1 Å². The van der Waals surface area contributed by atoms with Crippen molar-refractivity contribution < 1.29 is 14.6 Å². The van der Waals surface area contributed by atoms with Gasteiger partial charge in [0.15, 0.2) is 0 Å². The van der Waals surface area contributed by atoms with Crippen molar-refractivity contribution >= 4 is 0 Å². The molecule has 3 nitrogen and oxygen atoms in total. The highest BCUT2D eigenvalue weighted by Gasteiger charge is 2.47. The number of hydrogen-bond acceptors (Lipinski definition) is 3. The second kappa shape index (κ2) is 3.64. The Balaban J connectivity index is 1.97. The molecule has 0 bridgehead atoms. The summed E-state index contributed by atoms with van der Waals surface area (Å²) in [5.74, 6) is 2.14. The van der Waals surface area contributed by atoms with Gasteiger partial charge < -0.3 is 14.6 Å². The van der Waals surface area contributed by atoms with E-state index in [1.54, 1.807) is 7.11 Å². The summed E-state index contributed by atoms with van der Waals surface area (Å²) in [6.45, 7) is 2.11.